The number of ketones is 1. The summed E-state index contributed by atoms with van der Waals surface area (Å²) in [6, 6.07) is 4.68. The Labute approximate surface area is 121 Å². The zero-order chi connectivity index (χ0) is 14.5. The first kappa shape index (κ1) is 14.7. The summed E-state index contributed by atoms with van der Waals surface area (Å²) >= 11 is 1.79. The summed E-state index contributed by atoms with van der Waals surface area (Å²) in [5.41, 5.74) is 0.242. The fraction of sp³-hybridized carbons (Fsp3) is 0.429. The lowest BCUT2D eigenvalue weighted by Crippen LogP contribution is -2.31. The number of rotatable bonds is 6. The van der Waals surface area contributed by atoms with Gasteiger partial charge in [0.05, 0.1) is 13.7 Å². The fourth-order valence-corrected chi connectivity index (χ4v) is 2.25. The molecule has 6 heteroatoms. The van der Waals surface area contributed by atoms with E-state index in [1.807, 2.05) is 0 Å². The molecule has 20 heavy (non-hydrogen) atoms. The Morgan fingerprint density at radius 3 is 2.60 bits per heavy atom. The minimum atomic E-state index is -0.859. The molecule has 1 aromatic carbocycles. The summed E-state index contributed by atoms with van der Waals surface area (Å²) < 4.78 is 15.7. The summed E-state index contributed by atoms with van der Waals surface area (Å²) in [6.45, 7) is 1.82. The van der Waals surface area contributed by atoms with E-state index in [2.05, 4.69) is 0 Å². The molecule has 0 saturated carbocycles. The van der Waals surface area contributed by atoms with Crippen LogP contribution in [0.4, 0.5) is 0 Å². The number of thioether (sulfide) groups is 1. The van der Waals surface area contributed by atoms with E-state index in [0.29, 0.717) is 11.5 Å². The van der Waals surface area contributed by atoms with Crippen molar-refractivity contribution in [1.29, 1.82) is 0 Å². The van der Waals surface area contributed by atoms with E-state index in [-0.39, 0.29) is 18.3 Å². The Kier molecular flexibility index (Phi) is 4.89. The topological polar surface area (TPSA) is 61.8 Å². The minimum Gasteiger partial charge on any atom is -0.493 e. The second-order valence-electron chi connectivity index (χ2n) is 4.19. The van der Waals surface area contributed by atoms with Crippen LogP contribution in [0.25, 0.3) is 0 Å². The van der Waals surface area contributed by atoms with E-state index >= 15 is 0 Å². The Hall–Kier alpha value is -1.69. The molecule has 1 aromatic rings. The molecule has 0 spiro atoms. The number of hydrogen-bond acceptors (Lipinski definition) is 6. The van der Waals surface area contributed by atoms with Gasteiger partial charge in [-0.2, -0.15) is 11.8 Å². The summed E-state index contributed by atoms with van der Waals surface area (Å²) in [5.74, 6) is 1.32. The summed E-state index contributed by atoms with van der Waals surface area (Å²) in [5, 5.41) is 0. The van der Waals surface area contributed by atoms with Crippen LogP contribution in [-0.4, -0.2) is 43.1 Å². The van der Waals surface area contributed by atoms with Gasteiger partial charge in [-0.05, 0) is 25.1 Å². The van der Waals surface area contributed by atoms with E-state index in [1.54, 1.807) is 24.8 Å². The minimum absolute atomic E-state index is 0.127. The first-order valence-corrected chi connectivity index (χ1v) is 7.45. The average molecular weight is 296 g/mol. The molecule has 0 unspecified atom stereocenters. The van der Waals surface area contributed by atoms with Crippen LogP contribution in [0.15, 0.2) is 18.2 Å². The first-order valence-electron chi connectivity index (χ1n) is 6.29. The molecule has 1 aliphatic rings. The molecule has 0 aliphatic carbocycles. The van der Waals surface area contributed by atoms with Crippen LogP contribution in [0.3, 0.4) is 0 Å². The normalized spacial score (nSPS) is 14.3. The van der Waals surface area contributed by atoms with Gasteiger partial charge in [-0.1, -0.05) is 0 Å². The zero-order valence-electron chi connectivity index (χ0n) is 11.4. The highest BCUT2D eigenvalue weighted by molar-refractivity contribution is 8.00. The van der Waals surface area contributed by atoms with Crippen LogP contribution in [-0.2, 0) is 9.53 Å². The lowest BCUT2D eigenvalue weighted by molar-refractivity contribution is -0.137. The lowest BCUT2D eigenvalue weighted by Gasteiger charge is -2.26. The number of esters is 1. The number of benzene rings is 1. The van der Waals surface area contributed by atoms with Crippen molar-refractivity contribution in [3.8, 4) is 11.5 Å². The fourth-order valence-electron chi connectivity index (χ4n) is 1.69. The van der Waals surface area contributed by atoms with Crippen molar-refractivity contribution in [3.05, 3.63) is 23.8 Å². The van der Waals surface area contributed by atoms with Crippen LogP contribution >= 0.6 is 11.8 Å². The highest BCUT2D eigenvalue weighted by atomic mass is 32.2. The predicted octanol–water partition coefficient (Wildman–Crippen LogP) is 1.94. The van der Waals surface area contributed by atoms with Gasteiger partial charge in [0, 0.05) is 17.1 Å². The van der Waals surface area contributed by atoms with E-state index in [0.717, 1.165) is 11.5 Å². The molecule has 0 N–H and O–H groups in total. The second-order valence-corrected chi connectivity index (χ2v) is 5.27. The maximum Gasteiger partial charge on any atom is 0.379 e. The van der Waals surface area contributed by atoms with E-state index in [1.165, 1.54) is 19.2 Å². The molecule has 1 saturated heterocycles. The van der Waals surface area contributed by atoms with Crippen LogP contribution < -0.4 is 9.47 Å². The standard InChI is InChI=1S/C14H16O5S/c1-3-18-14(16)13(15)9-4-5-11(17-2)12(6-9)19-10-7-20-8-10/h4-6,10H,3,7-8H2,1-2H3. The van der Waals surface area contributed by atoms with E-state index in [9.17, 15) is 9.59 Å². The van der Waals surface area contributed by atoms with Crippen molar-refractivity contribution in [1.82, 2.24) is 0 Å². The van der Waals surface area contributed by atoms with Crippen molar-refractivity contribution in [2.24, 2.45) is 0 Å². The molecule has 0 radical (unpaired) electrons. The molecule has 2 rings (SSSR count). The second kappa shape index (κ2) is 6.65. The summed E-state index contributed by atoms with van der Waals surface area (Å²) in [4.78, 5) is 23.3. The molecule has 0 amide bonds. The number of hydrogen-bond donors (Lipinski definition) is 0. The Balaban J connectivity index is 2.19. The molecule has 108 valence electrons. The molecule has 1 aliphatic heterocycles. The van der Waals surface area contributed by atoms with Gasteiger partial charge in [0.1, 0.15) is 6.10 Å². The number of ether oxygens (including phenoxy) is 3. The molecular weight excluding hydrogens is 280 g/mol. The number of carbonyl (C=O) groups excluding carboxylic acids is 2. The van der Waals surface area contributed by atoms with Gasteiger partial charge < -0.3 is 14.2 Å². The number of carbonyl (C=O) groups is 2. The highest BCUT2D eigenvalue weighted by Gasteiger charge is 2.24. The molecule has 1 fully saturated rings. The number of methoxy groups -OCH3 is 1. The van der Waals surface area contributed by atoms with Gasteiger partial charge in [0.2, 0.25) is 0 Å². The van der Waals surface area contributed by atoms with Crippen molar-refractivity contribution >= 4 is 23.5 Å². The summed E-state index contributed by atoms with van der Waals surface area (Å²) in [7, 11) is 1.53. The quantitative estimate of drug-likeness (QED) is 0.454. The smallest absolute Gasteiger partial charge is 0.379 e. The van der Waals surface area contributed by atoms with Crippen LogP contribution in [0.5, 0.6) is 11.5 Å². The molecule has 0 bridgehead atoms. The van der Waals surface area contributed by atoms with E-state index in [4.69, 9.17) is 14.2 Å². The largest absolute Gasteiger partial charge is 0.493 e. The third kappa shape index (κ3) is 3.25. The van der Waals surface area contributed by atoms with Gasteiger partial charge in [-0.15, -0.1) is 0 Å². The van der Waals surface area contributed by atoms with Gasteiger partial charge in [-0.3, -0.25) is 4.79 Å². The molecular formula is C14H16O5S. The van der Waals surface area contributed by atoms with Crippen LogP contribution in [0.2, 0.25) is 0 Å². The highest BCUT2D eigenvalue weighted by Crippen LogP contribution is 2.32. The molecule has 1 heterocycles. The van der Waals surface area contributed by atoms with Gasteiger partial charge in [-0.25, -0.2) is 4.79 Å². The van der Waals surface area contributed by atoms with Crippen molar-refractivity contribution in [2.45, 2.75) is 13.0 Å². The van der Waals surface area contributed by atoms with E-state index < -0.39 is 11.8 Å². The SMILES string of the molecule is CCOC(=O)C(=O)c1ccc(OC)c(OC2CSC2)c1. The third-order valence-electron chi connectivity index (χ3n) is 2.79. The maximum absolute atomic E-state index is 11.9. The molecule has 5 nitrogen and oxygen atoms in total. The Bertz CT molecular complexity index is 510. The Morgan fingerprint density at radius 1 is 1.30 bits per heavy atom. The maximum atomic E-state index is 11.9. The predicted molar refractivity (Wildman–Crippen MR) is 75.7 cm³/mol. The number of Topliss-reactive ketones (excluding diaryl/α,β-unsaturated/α-hetero) is 1. The van der Waals surface area contributed by atoms with Crippen LogP contribution in [0, 0.1) is 0 Å². The van der Waals surface area contributed by atoms with Crippen molar-refractivity contribution < 1.29 is 23.8 Å². The third-order valence-corrected chi connectivity index (χ3v) is 4.00. The first-order chi connectivity index (χ1) is 9.65. The summed E-state index contributed by atoms with van der Waals surface area (Å²) in [6.07, 6.45) is 0.127. The zero-order valence-corrected chi connectivity index (χ0v) is 12.2. The van der Waals surface area contributed by atoms with Gasteiger partial charge in [0.25, 0.3) is 5.78 Å². The average Bonchev–Trinajstić information content (AvgIpc) is 2.42. The lowest BCUT2D eigenvalue weighted by atomic mass is 10.1. The van der Waals surface area contributed by atoms with Gasteiger partial charge >= 0.3 is 5.97 Å². The Morgan fingerprint density at radius 2 is 2.05 bits per heavy atom. The van der Waals surface area contributed by atoms with Gasteiger partial charge in [0.15, 0.2) is 11.5 Å². The molecule has 0 atom stereocenters. The monoisotopic (exact) mass is 296 g/mol. The van der Waals surface area contributed by atoms with Crippen molar-refractivity contribution in [2.75, 3.05) is 25.2 Å². The molecule has 0 aromatic heterocycles. The van der Waals surface area contributed by atoms with Crippen molar-refractivity contribution in [3.63, 3.8) is 0 Å². The van der Waals surface area contributed by atoms with Crippen LogP contribution in [0.1, 0.15) is 17.3 Å².